The zero-order valence-corrected chi connectivity index (χ0v) is 13.8. The van der Waals surface area contributed by atoms with Crippen LogP contribution in [0.25, 0.3) is 0 Å². The highest BCUT2D eigenvalue weighted by Gasteiger charge is 2.07. The highest BCUT2D eigenvalue weighted by Crippen LogP contribution is 2.29. The number of ether oxygens (including phenoxy) is 2. The monoisotopic (exact) mass is 330 g/mol. The molecule has 0 radical (unpaired) electrons. The summed E-state index contributed by atoms with van der Waals surface area (Å²) < 4.78 is 10.5. The van der Waals surface area contributed by atoms with E-state index in [1.54, 1.807) is 20.3 Å². The van der Waals surface area contributed by atoms with E-state index in [4.69, 9.17) is 9.47 Å². The lowest BCUT2D eigenvalue weighted by Gasteiger charge is -2.09. The molecule has 23 heavy (non-hydrogen) atoms. The molecule has 0 aliphatic heterocycles. The van der Waals surface area contributed by atoms with Crippen LogP contribution in [0, 0.1) is 0 Å². The van der Waals surface area contributed by atoms with Crippen molar-refractivity contribution < 1.29 is 14.3 Å². The number of thioether (sulfide) groups is 1. The van der Waals surface area contributed by atoms with Crippen LogP contribution < -0.4 is 14.9 Å². The molecule has 0 spiro atoms. The first kappa shape index (κ1) is 16.9. The molecule has 0 saturated heterocycles. The second-order valence-electron chi connectivity index (χ2n) is 4.48. The Kier molecular flexibility index (Phi) is 6.50. The summed E-state index contributed by atoms with van der Waals surface area (Å²) in [4.78, 5) is 12.8. The summed E-state index contributed by atoms with van der Waals surface area (Å²) in [7, 11) is 3.13. The van der Waals surface area contributed by atoms with Crippen LogP contribution in [-0.2, 0) is 4.79 Å². The van der Waals surface area contributed by atoms with Crippen molar-refractivity contribution in [1.29, 1.82) is 0 Å². The smallest absolute Gasteiger partial charge is 0.250 e. The molecule has 0 fully saturated rings. The van der Waals surface area contributed by atoms with Gasteiger partial charge in [0.2, 0.25) is 5.91 Å². The van der Waals surface area contributed by atoms with Crippen molar-refractivity contribution in [2.24, 2.45) is 5.10 Å². The molecule has 0 unspecified atom stereocenters. The van der Waals surface area contributed by atoms with Crippen molar-refractivity contribution in [2.45, 2.75) is 4.90 Å². The molecule has 2 aromatic rings. The number of carbonyl (C=O) groups excluding carboxylic acids is 1. The van der Waals surface area contributed by atoms with Crippen molar-refractivity contribution in [2.75, 3.05) is 20.0 Å². The number of hydrogen-bond acceptors (Lipinski definition) is 5. The van der Waals surface area contributed by atoms with E-state index in [0.29, 0.717) is 17.3 Å². The van der Waals surface area contributed by atoms with Crippen molar-refractivity contribution in [3.8, 4) is 11.5 Å². The average Bonchev–Trinajstić information content (AvgIpc) is 2.60. The first-order valence-electron chi connectivity index (χ1n) is 6.95. The van der Waals surface area contributed by atoms with E-state index in [9.17, 15) is 4.79 Å². The molecular weight excluding hydrogens is 312 g/mol. The zero-order chi connectivity index (χ0) is 16.5. The Morgan fingerprint density at radius 2 is 1.91 bits per heavy atom. The molecule has 0 heterocycles. The van der Waals surface area contributed by atoms with Gasteiger partial charge in [-0.1, -0.05) is 24.3 Å². The zero-order valence-electron chi connectivity index (χ0n) is 13.0. The number of nitrogens with zero attached hydrogens (tertiary/aromatic N) is 1. The van der Waals surface area contributed by atoms with Gasteiger partial charge in [-0.25, -0.2) is 5.43 Å². The number of methoxy groups -OCH3 is 2. The lowest BCUT2D eigenvalue weighted by Crippen LogP contribution is -2.19. The van der Waals surface area contributed by atoms with E-state index in [1.807, 2.05) is 42.5 Å². The van der Waals surface area contributed by atoms with Crippen LogP contribution in [0.2, 0.25) is 0 Å². The summed E-state index contributed by atoms with van der Waals surface area (Å²) in [6.07, 6.45) is 1.53. The van der Waals surface area contributed by atoms with Crippen LogP contribution in [0.4, 0.5) is 0 Å². The molecular formula is C17H18N2O3S. The van der Waals surface area contributed by atoms with Gasteiger partial charge in [0.15, 0.2) is 11.5 Å². The molecule has 2 aromatic carbocycles. The third kappa shape index (κ3) is 5.03. The second kappa shape index (κ2) is 8.85. The molecule has 0 aromatic heterocycles. The van der Waals surface area contributed by atoms with Gasteiger partial charge in [-0.05, 0) is 24.3 Å². The maximum Gasteiger partial charge on any atom is 0.250 e. The van der Waals surface area contributed by atoms with Crippen molar-refractivity contribution >= 4 is 23.9 Å². The van der Waals surface area contributed by atoms with E-state index in [-0.39, 0.29) is 5.91 Å². The van der Waals surface area contributed by atoms with Gasteiger partial charge in [0, 0.05) is 10.5 Å². The molecule has 5 nitrogen and oxygen atoms in total. The summed E-state index contributed by atoms with van der Waals surface area (Å²) in [6.45, 7) is 0. The van der Waals surface area contributed by atoms with E-state index in [2.05, 4.69) is 10.5 Å². The van der Waals surface area contributed by atoms with Crippen LogP contribution in [0.1, 0.15) is 5.56 Å². The lowest BCUT2D eigenvalue weighted by atomic mass is 10.2. The molecule has 1 amide bonds. The fourth-order valence-electron chi connectivity index (χ4n) is 1.89. The Bertz CT molecular complexity index is 675. The first-order valence-corrected chi connectivity index (χ1v) is 7.94. The minimum atomic E-state index is -0.169. The van der Waals surface area contributed by atoms with Crippen LogP contribution in [0.15, 0.2) is 58.5 Å². The highest BCUT2D eigenvalue weighted by atomic mass is 32.2. The minimum Gasteiger partial charge on any atom is -0.493 e. The van der Waals surface area contributed by atoms with E-state index in [1.165, 1.54) is 18.0 Å². The highest BCUT2D eigenvalue weighted by molar-refractivity contribution is 8.00. The standard InChI is InChI=1S/C17H18N2O3S/c1-21-15-10-6-7-13(17(15)22-2)11-18-19-16(20)12-23-14-8-4-3-5-9-14/h3-11H,12H2,1-2H3,(H,19,20)/b18-11-. The Balaban J connectivity index is 1.90. The number of hydrogen-bond donors (Lipinski definition) is 1. The van der Waals surface area contributed by atoms with E-state index < -0.39 is 0 Å². The Labute approximate surface area is 139 Å². The minimum absolute atomic E-state index is 0.169. The van der Waals surface area contributed by atoms with Crippen LogP contribution >= 0.6 is 11.8 Å². The van der Waals surface area contributed by atoms with Gasteiger partial charge in [0.25, 0.3) is 0 Å². The van der Waals surface area contributed by atoms with Crippen molar-refractivity contribution in [3.63, 3.8) is 0 Å². The molecule has 6 heteroatoms. The van der Waals surface area contributed by atoms with Gasteiger partial charge in [0.05, 0.1) is 26.2 Å². The molecule has 0 bridgehead atoms. The van der Waals surface area contributed by atoms with Gasteiger partial charge in [-0.3, -0.25) is 4.79 Å². The van der Waals surface area contributed by atoms with Gasteiger partial charge in [0.1, 0.15) is 0 Å². The Morgan fingerprint density at radius 1 is 1.13 bits per heavy atom. The first-order chi connectivity index (χ1) is 11.2. The fourth-order valence-corrected chi connectivity index (χ4v) is 2.60. The van der Waals surface area contributed by atoms with E-state index >= 15 is 0 Å². The molecule has 120 valence electrons. The predicted molar refractivity (Wildman–Crippen MR) is 92.4 cm³/mol. The summed E-state index contributed by atoms with van der Waals surface area (Å²) in [5.74, 6) is 1.32. The SMILES string of the molecule is COc1cccc(/C=N\NC(=O)CSc2ccccc2)c1OC. The maximum atomic E-state index is 11.8. The van der Waals surface area contributed by atoms with Gasteiger partial charge in [-0.2, -0.15) is 5.10 Å². The number of hydrazone groups is 1. The van der Waals surface area contributed by atoms with E-state index in [0.717, 1.165) is 10.5 Å². The molecule has 0 aliphatic rings. The molecule has 0 saturated carbocycles. The number of benzene rings is 2. The van der Waals surface area contributed by atoms with Gasteiger partial charge >= 0.3 is 0 Å². The predicted octanol–water partition coefficient (Wildman–Crippen LogP) is 2.95. The number of rotatable bonds is 7. The maximum absolute atomic E-state index is 11.8. The molecule has 1 N–H and O–H groups in total. The number of para-hydroxylation sites is 1. The molecule has 0 aliphatic carbocycles. The summed E-state index contributed by atoms with van der Waals surface area (Å²) in [5.41, 5.74) is 3.23. The van der Waals surface area contributed by atoms with Crippen LogP contribution in [0.5, 0.6) is 11.5 Å². The number of carbonyl (C=O) groups is 1. The van der Waals surface area contributed by atoms with Gasteiger partial charge < -0.3 is 9.47 Å². The average molecular weight is 330 g/mol. The molecule has 0 atom stereocenters. The number of amides is 1. The number of nitrogens with one attached hydrogen (secondary N) is 1. The summed E-state index contributed by atoms with van der Waals surface area (Å²) in [5, 5.41) is 3.96. The largest absolute Gasteiger partial charge is 0.493 e. The summed E-state index contributed by atoms with van der Waals surface area (Å²) >= 11 is 1.46. The molecule has 2 rings (SSSR count). The van der Waals surface area contributed by atoms with Crippen LogP contribution in [0.3, 0.4) is 0 Å². The lowest BCUT2D eigenvalue weighted by molar-refractivity contribution is -0.118. The second-order valence-corrected chi connectivity index (χ2v) is 5.53. The van der Waals surface area contributed by atoms with Crippen molar-refractivity contribution in [1.82, 2.24) is 5.43 Å². The Morgan fingerprint density at radius 3 is 2.61 bits per heavy atom. The van der Waals surface area contributed by atoms with Crippen LogP contribution in [-0.4, -0.2) is 32.1 Å². The normalized spacial score (nSPS) is 10.5. The van der Waals surface area contributed by atoms with Gasteiger partial charge in [-0.15, -0.1) is 11.8 Å². The van der Waals surface area contributed by atoms with Crippen molar-refractivity contribution in [3.05, 3.63) is 54.1 Å². The summed E-state index contributed by atoms with van der Waals surface area (Å²) in [6, 6.07) is 15.2. The Hall–Kier alpha value is -2.47. The fraction of sp³-hybridized carbons (Fsp3) is 0.176. The third-order valence-electron chi connectivity index (χ3n) is 2.94. The third-order valence-corrected chi connectivity index (χ3v) is 3.95. The quantitative estimate of drug-likeness (QED) is 0.482. The topological polar surface area (TPSA) is 59.9 Å².